The smallest absolute Gasteiger partial charge is 0.303 e. The molecule has 12 nitrogen and oxygen atoms in total. The molecule has 0 saturated carbocycles. The summed E-state index contributed by atoms with van der Waals surface area (Å²) in [6.07, 6.45) is -2.50. The van der Waals surface area contributed by atoms with E-state index in [9.17, 15) is 14.4 Å². The lowest BCUT2D eigenvalue weighted by molar-refractivity contribution is -0.166. The predicted octanol–water partition coefficient (Wildman–Crippen LogP) is 3.02. The molecule has 4 atom stereocenters. The van der Waals surface area contributed by atoms with Crippen molar-refractivity contribution in [3.63, 3.8) is 0 Å². The van der Waals surface area contributed by atoms with Gasteiger partial charge in [-0.1, -0.05) is 23.7 Å². The highest BCUT2D eigenvalue weighted by molar-refractivity contribution is 14.1. The van der Waals surface area contributed by atoms with Crippen LogP contribution in [-0.4, -0.2) is 62.3 Å². The minimum absolute atomic E-state index is 0.214. The van der Waals surface area contributed by atoms with Gasteiger partial charge >= 0.3 is 17.9 Å². The zero-order valence-corrected chi connectivity index (χ0v) is 22.9. The van der Waals surface area contributed by atoms with Crippen molar-refractivity contribution >= 4 is 69.1 Å². The molecular weight excluding hydrogens is 621 g/mol. The van der Waals surface area contributed by atoms with Crippen LogP contribution in [0.1, 0.15) is 32.6 Å². The maximum atomic E-state index is 12.0. The standard InChI is InChI=1S/C23H23ClIN5O7/c1-11(31)34-9-16-18(35-12(2)32)19(36-13(3)33)22(37-16)30-10-27-17-20(28-23(25)29-21(17)30)26-8-14-4-6-15(24)7-5-14/h4-7,10,16,18-19,22H,8-9H2,1-3H3,(H,26,28,29)/t16-,18+,19+,22+/m0/s1. The molecule has 4 rings (SSSR count). The third-order valence-corrected chi connectivity index (χ3v) is 6.12. The van der Waals surface area contributed by atoms with Gasteiger partial charge in [0, 0.05) is 54.9 Å². The molecular formula is C23H23ClIN5O7. The molecule has 1 aliphatic heterocycles. The number of fused-ring (bicyclic) bond motifs is 1. The summed E-state index contributed by atoms with van der Waals surface area (Å²) in [7, 11) is 0. The lowest BCUT2D eigenvalue weighted by Crippen LogP contribution is -2.40. The molecule has 1 saturated heterocycles. The Balaban J connectivity index is 1.68. The number of imidazole rings is 1. The van der Waals surface area contributed by atoms with E-state index in [-0.39, 0.29) is 6.61 Å². The summed E-state index contributed by atoms with van der Waals surface area (Å²) in [5, 5.41) is 3.90. The van der Waals surface area contributed by atoms with Gasteiger partial charge in [-0.25, -0.2) is 15.0 Å². The van der Waals surface area contributed by atoms with Crippen LogP contribution in [0.2, 0.25) is 5.02 Å². The second-order valence-electron chi connectivity index (χ2n) is 8.16. The third kappa shape index (κ3) is 6.45. The molecule has 37 heavy (non-hydrogen) atoms. The number of esters is 3. The van der Waals surface area contributed by atoms with E-state index in [1.807, 2.05) is 34.7 Å². The molecule has 3 aromatic rings. The first-order valence-electron chi connectivity index (χ1n) is 11.1. The summed E-state index contributed by atoms with van der Waals surface area (Å²) < 4.78 is 24.2. The first kappa shape index (κ1) is 27.0. The molecule has 3 heterocycles. The topological polar surface area (TPSA) is 144 Å². The highest BCUT2D eigenvalue weighted by Crippen LogP contribution is 2.36. The molecule has 0 unspecified atom stereocenters. The number of hydrogen-bond acceptors (Lipinski definition) is 11. The zero-order valence-electron chi connectivity index (χ0n) is 20.0. The number of hydrogen-bond donors (Lipinski definition) is 1. The van der Waals surface area contributed by atoms with Gasteiger partial charge in [-0.2, -0.15) is 0 Å². The SMILES string of the molecule is CC(=O)OC[C@@H]1O[C@@H](n2cnc3c(NCc4ccc(Cl)cc4)nc(I)nc32)[C@H](OC(C)=O)[C@@H]1OC(C)=O. The van der Waals surface area contributed by atoms with Gasteiger partial charge in [0.15, 0.2) is 39.2 Å². The van der Waals surface area contributed by atoms with Crippen LogP contribution < -0.4 is 5.32 Å². The van der Waals surface area contributed by atoms with Gasteiger partial charge < -0.3 is 24.3 Å². The van der Waals surface area contributed by atoms with Gasteiger partial charge in [-0.3, -0.25) is 19.0 Å². The average molecular weight is 644 g/mol. The minimum Gasteiger partial charge on any atom is -0.463 e. The summed E-state index contributed by atoms with van der Waals surface area (Å²) in [5.41, 5.74) is 1.83. The Morgan fingerprint density at radius 2 is 1.73 bits per heavy atom. The molecule has 2 aromatic heterocycles. The van der Waals surface area contributed by atoms with Crippen molar-refractivity contribution in [1.82, 2.24) is 19.5 Å². The normalized spacial score (nSPS) is 21.0. The van der Waals surface area contributed by atoms with Gasteiger partial charge in [0.2, 0.25) is 0 Å². The van der Waals surface area contributed by atoms with E-state index >= 15 is 0 Å². The summed E-state index contributed by atoms with van der Waals surface area (Å²) in [6.45, 7) is 3.95. The van der Waals surface area contributed by atoms with Gasteiger partial charge in [-0.15, -0.1) is 0 Å². The number of nitrogens with zero attached hydrogens (tertiary/aromatic N) is 4. The lowest BCUT2D eigenvalue weighted by atomic mass is 10.1. The minimum atomic E-state index is -1.06. The van der Waals surface area contributed by atoms with Crippen molar-refractivity contribution in [2.75, 3.05) is 11.9 Å². The van der Waals surface area contributed by atoms with Gasteiger partial charge in [0.1, 0.15) is 12.7 Å². The van der Waals surface area contributed by atoms with Crippen molar-refractivity contribution in [3.05, 3.63) is 45.0 Å². The molecule has 14 heteroatoms. The Morgan fingerprint density at radius 1 is 1.05 bits per heavy atom. The van der Waals surface area contributed by atoms with E-state index in [0.717, 1.165) is 5.56 Å². The van der Waals surface area contributed by atoms with Crippen LogP contribution in [0.15, 0.2) is 30.6 Å². The van der Waals surface area contributed by atoms with Crippen LogP contribution in [-0.2, 0) is 39.9 Å². The van der Waals surface area contributed by atoms with Crippen molar-refractivity contribution in [2.24, 2.45) is 0 Å². The van der Waals surface area contributed by atoms with Crippen LogP contribution in [0.25, 0.3) is 11.2 Å². The summed E-state index contributed by atoms with van der Waals surface area (Å²) in [6, 6.07) is 7.38. The molecule has 196 valence electrons. The van der Waals surface area contributed by atoms with Crippen LogP contribution >= 0.6 is 34.2 Å². The zero-order chi connectivity index (χ0) is 26.7. The van der Waals surface area contributed by atoms with Crippen molar-refractivity contribution in [3.8, 4) is 0 Å². The first-order chi connectivity index (χ1) is 17.6. The molecule has 0 spiro atoms. The summed E-state index contributed by atoms with van der Waals surface area (Å²) in [4.78, 5) is 48.7. The van der Waals surface area contributed by atoms with E-state index in [1.165, 1.54) is 27.1 Å². The number of halogens is 2. The molecule has 1 aliphatic rings. The van der Waals surface area contributed by atoms with Crippen molar-refractivity contribution in [2.45, 2.75) is 51.9 Å². The average Bonchev–Trinajstić information content (AvgIpc) is 3.38. The summed E-state index contributed by atoms with van der Waals surface area (Å²) >= 11 is 7.96. The monoisotopic (exact) mass is 643 g/mol. The quantitative estimate of drug-likeness (QED) is 0.167. The number of ether oxygens (including phenoxy) is 4. The van der Waals surface area contributed by atoms with Gasteiger partial charge in [0.25, 0.3) is 0 Å². The Labute approximate surface area is 230 Å². The maximum Gasteiger partial charge on any atom is 0.303 e. The molecule has 0 amide bonds. The first-order valence-corrected chi connectivity index (χ1v) is 12.6. The molecule has 0 bridgehead atoms. The summed E-state index contributed by atoms with van der Waals surface area (Å²) in [5.74, 6) is -1.27. The highest BCUT2D eigenvalue weighted by atomic mass is 127. The fraction of sp³-hybridized carbons (Fsp3) is 0.391. The Bertz CT molecular complexity index is 1320. The van der Waals surface area contributed by atoms with Gasteiger partial charge in [0.05, 0.1) is 6.33 Å². The maximum absolute atomic E-state index is 12.0. The van der Waals surface area contributed by atoms with E-state index < -0.39 is 42.4 Å². The third-order valence-electron chi connectivity index (χ3n) is 5.38. The fourth-order valence-electron chi connectivity index (χ4n) is 3.90. The Morgan fingerprint density at radius 3 is 2.38 bits per heavy atom. The number of nitrogens with one attached hydrogen (secondary N) is 1. The molecule has 1 N–H and O–H groups in total. The van der Waals surface area contributed by atoms with Crippen LogP contribution in [0.3, 0.4) is 0 Å². The highest BCUT2D eigenvalue weighted by Gasteiger charge is 2.51. The molecule has 1 aromatic carbocycles. The van der Waals surface area contributed by atoms with Crippen molar-refractivity contribution in [1.29, 1.82) is 0 Å². The van der Waals surface area contributed by atoms with E-state index in [1.54, 1.807) is 16.7 Å². The second-order valence-corrected chi connectivity index (χ2v) is 9.56. The largest absolute Gasteiger partial charge is 0.463 e. The number of anilines is 1. The Hall–Kier alpha value is -3.04. The van der Waals surface area contributed by atoms with E-state index in [2.05, 4.69) is 20.3 Å². The number of rotatable bonds is 8. The van der Waals surface area contributed by atoms with Crippen LogP contribution in [0, 0.1) is 3.83 Å². The van der Waals surface area contributed by atoms with E-state index in [0.29, 0.717) is 32.4 Å². The Kier molecular flexibility index (Phi) is 8.44. The molecule has 0 radical (unpaired) electrons. The second kappa shape index (κ2) is 11.6. The fourth-order valence-corrected chi connectivity index (χ4v) is 4.50. The van der Waals surface area contributed by atoms with Crippen LogP contribution in [0.5, 0.6) is 0 Å². The van der Waals surface area contributed by atoms with E-state index in [4.69, 9.17) is 30.5 Å². The number of aromatic nitrogens is 4. The molecule has 1 fully saturated rings. The van der Waals surface area contributed by atoms with Crippen LogP contribution in [0.4, 0.5) is 5.82 Å². The van der Waals surface area contributed by atoms with Gasteiger partial charge in [-0.05, 0) is 17.7 Å². The number of carbonyl (C=O) groups is 3. The van der Waals surface area contributed by atoms with Crippen molar-refractivity contribution < 1.29 is 33.3 Å². The number of carbonyl (C=O) groups excluding carboxylic acids is 3. The predicted molar refractivity (Wildman–Crippen MR) is 138 cm³/mol. The number of benzene rings is 1. The molecule has 0 aliphatic carbocycles. The lowest BCUT2D eigenvalue weighted by Gasteiger charge is -2.23.